The van der Waals surface area contributed by atoms with E-state index in [1.807, 2.05) is 0 Å². The van der Waals surface area contributed by atoms with Crippen LogP contribution in [0.25, 0.3) is 0 Å². The Hall–Kier alpha value is -2.20. The van der Waals surface area contributed by atoms with Crippen molar-refractivity contribution in [3.8, 4) is 0 Å². The molecule has 2 aromatic rings. The van der Waals surface area contributed by atoms with Crippen LogP contribution in [0.15, 0.2) is 48.8 Å². The number of carbonyl (C=O) groups excluding carboxylic acids is 1. The van der Waals surface area contributed by atoms with Crippen molar-refractivity contribution in [2.45, 2.75) is 12.0 Å². The molecule has 4 heteroatoms. The normalized spacial score (nSPS) is 26.2. The SMILES string of the molecule is O=C(N[C@H]1c2ccccc2[C@@H]2CNC[C@H]21)c1ccncc1. The lowest BCUT2D eigenvalue weighted by Crippen LogP contribution is -2.33. The smallest absolute Gasteiger partial charge is 0.251 e. The third-order valence-electron chi connectivity index (χ3n) is 4.65. The van der Waals surface area contributed by atoms with Crippen LogP contribution in [0.1, 0.15) is 33.4 Å². The van der Waals surface area contributed by atoms with Gasteiger partial charge in [0, 0.05) is 42.9 Å². The number of carbonyl (C=O) groups is 1. The average Bonchev–Trinajstić information content (AvgIpc) is 3.11. The number of hydrogen-bond donors (Lipinski definition) is 2. The molecule has 106 valence electrons. The van der Waals surface area contributed by atoms with E-state index in [9.17, 15) is 4.79 Å². The summed E-state index contributed by atoms with van der Waals surface area (Å²) in [6.45, 7) is 1.96. The van der Waals surface area contributed by atoms with Crippen molar-refractivity contribution in [1.82, 2.24) is 15.6 Å². The molecule has 4 nitrogen and oxygen atoms in total. The van der Waals surface area contributed by atoms with Gasteiger partial charge >= 0.3 is 0 Å². The Labute approximate surface area is 123 Å². The van der Waals surface area contributed by atoms with Crippen LogP contribution in [0.3, 0.4) is 0 Å². The molecule has 0 saturated carbocycles. The maximum absolute atomic E-state index is 12.4. The molecule has 2 aliphatic rings. The Bertz CT molecular complexity index is 671. The number of rotatable bonds is 2. The van der Waals surface area contributed by atoms with Crippen LogP contribution in [-0.4, -0.2) is 24.0 Å². The van der Waals surface area contributed by atoms with Gasteiger partial charge in [-0.3, -0.25) is 9.78 Å². The first-order chi connectivity index (χ1) is 10.3. The average molecular weight is 279 g/mol. The van der Waals surface area contributed by atoms with Gasteiger partial charge in [0.25, 0.3) is 5.91 Å². The summed E-state index contributed by atoms with van der Waals surface area (Å²) in [4.78, 5) is 16.4. The van der Waals surface area contributed by atoms with E-state index in [4.69, 9.17) is 0 Å². The number of aromatic nitrogens is 1. The molecule has 1 aliphatic heterocycles. The van der Waals surface area contributed by atoms with Gasteiger partial charge in [0.2, 0.25) is 0 Å². The van der Waals surface area contributed by atoms with Gasteiger partial charge in [-0.05, 0) is 23.3 Å². The zero-order valence-electron chi connectivity index (χ0n) is 11.6. The minimum atomic E-state index is -0.0234. The zero-order valence-corrected chi connectivity index (χ0v) is 11.6. The monoisotopic (exact) mass is 279 g/mol. The fourth-order valence-corrected chi connectivity index (χ4v) is 3.66. The number of pyridine rings is 1. The first-order valence-electron chi connectivity index (χ1n) is 7.35. The largest absolute Gasteiger partial charge is 0.345 e. The topological polar surface area (TPSA) is 54.0 Å². The van der Waals surface area contributed by atoms with Crippen molar-refractivity contribution in [1.29, 1.82) is 0 Å². The van der Waals surface area contributed by atoms with Crippen LogP contribution in [0, 0.1) is 5.92 Å². The lowest BCUT2D eigenvalue weighted by Gasteiger charge is -2.20. The summed E-state index contributed by atoms with van der Waals surface area (Å²) in [5, 5.41) is 6.66. The Morgan fingerprint density at radius 2 is 1.86 bits per heavy atom. The minimum Gasteiger partial charge on any atom is -0.345 e. The summed E-state index contributed by atoms with van der Waals surface area (Å²) in [7, 11) is 0. The van der Waals surface area contributed by atoms with Gasteiger partial charge in [0.15, 0.2) is 0 Å². The van der Waals surface area contributed by atoms with Crippen LogP contribution in [0.5, 0.6) is 0 Å². The number of nitrogens with one attached hydrogen (secondary N) is 2. The molecule has 1 fully saturated rings. The highest BCUT2D eigenvalue weighted by molar-refractivity contribution is 5.94. The van der Waals surface area contributed by atoms with E-state index >= 15 is 0 Å². The van der Waals surface area contributed by atoms with E-state index in [1.54, 1.807) is 24.5 Å². The summed E-state index contributed by atoms with van der Waals surface area (Å²) < 4.78 is 0. The van der Waals surface area contributed by atoms with E-state index < -0.39 is 0 Å². The number of amides is 1. The Morgan fingerprint density at radius 1 is 1.10 bits per heavy atom. The summed E-state index contributed by atoms with van der Waals surface area (Å²) in [6.07, 6.45) is 3.30. The number of hydrogen-bond acceptors (Lipinski definition) is 3. The first kappa shape index (κ1) is 12.5. The number of fused-ring (bicyclic) bond motifs is 3. The lowest BCUT2D eigenvalue weighted by atomic mass is 9.94. The van der Waals surface area contributed by atoms with Gasteiger partial charge < -0.3 is 10.6 Å². The van der Waals surface area contributed by atoms with Gasteiger partial charge in [0.1, 0.15) is 0 Å². The number of nitrogens with zero attached hydrogens (tertiary/aromatic N) is 1. The molecule has 1 aromatic carbocycles. The molecule has 21 heavy (non-hydrogen) atoms. The Kier molecular flexibility index (Phi) is 2.97. The first-order valence-corrected chi connectivity index (χ1v) is 7.35. The summed E-state index contributed by atoms with van der Waals surface area (Å²) in [5.41, 5.74) is 3.32. The molecule has 1 aromatic heterocycles. The highest BCUT2D eigenvalue weighted by Gasteiger charge is 2.43. The number of benzene rings is 1. The zero-order chi connectivity index (χ0) is 14.2. The Balaban J connectivity index is 1.64. The third-order valence-corrected chi connectivity index (χ3v) is 4.65. The summed E-state index contributed by atoms with van der Waals surface area (Å²) >= 11 is 0. The predicted molar refractivity (Wildman–Crippen MR) is 80.0 cm³/mol. The predicted octanol–water partition coefficient (Wildman–Crippen LogP) is 1.87. The van der Waals surface area contributed by atoms with Crippen molar-refractivity contribution in [3.05, 3.63) is 65.5 Å². The van der Waals surface area contributed by atoms with Crippen LogP contribution < -0.4 is 10.6 Å². The molecule has 0 bridgehead atoms. The van der Waals surface area contributed by atoms with Crippen molar-refractivity contribution >= 4 is 5.91 Å². The summed E-state index contributed by atoms with van der Waals surface area (Å²) in [6, 6.07) is 12.1. The van der Waals surface area contributed by atoms with E-state index in [1.165, 1.54) is 11.1 Å². The molecular formula is C17H17N3O. The van der Waals surface area contributed by atoms with Gasteiger partial charge in [-0.25, -0.2) is 0 Å². The van der Waals surface area contributed by atoms with Gasteiger partial charge in [-0.2, -0.15) is 0 Å². The maximum Gasteiger partial charge on any atom is 0.251 e. The fraction of sp³-hybridized carbons (Fsp3) is 0.294. The van der Waals surface area contributed by atoms with Gasteiger partial charge in [-0.15, -0.1) is 0 Å². The summed E-state index contributed by atoms with van der Waals surface area (Å²) in [5.74, 6) is 0.946. The van der Waals surface area contributed by atoms with Crippen LogP contribution in [0.2, 0.25) is 0 Å². The molecule has 1 saturated heterocycles. The molecule has 1 aliphatic carbocycles. The second kappa shape index (κ2) is 4.97. The highest BCUT2D eigenvalue weighted by Crippen LogP contribution is 2.46. The molecule has 0 spiro atoms. The van der Waals surface area contributed by atoms with E-state index in [0.29, 0.717) is 17.4 Å². The standard InChI is InChI=1S/C17H17N3O/c21-17(11-5-7-18-8-6-11)20-16-13-4-2-1-3-12(13)14-9-19-10-15(14)16/h1-8,14-16,19H,9-10H2,(H,20,21)/t14-,15+,16-/m0/s1. The van der Waals surface area contributed by atoms with Crippen molar-refractivity contribution in [2.24, 2.45) is 5.92 Å². The van der Waals surface area contributed by atoms with Crippen LogP contribution >= 0.6 is 0 Å². The molecule has 4 rings (SSSR count). The molecule has 0 radical (unpaired) electrons. The van der Waals surface area contributed by atoms with E-state index in [2.05, 4.69) is 39.9 Å². The van der Waals surface area contributed by atoms with E-state index in [0.717, 1.165) is 13.1 Å². The fourth-order valence-electron chi connectivity index (χ4n) is 3.66. The second-order valence-corrected chi connectivity index (χ2v) is 5.74. The maximum atomic E-state index is 12.4. The second-order valence-electron chi connectivity index (χ2n) is 5.74. The molecule has 2 heterocycles. The lowest BCUT2D eigenvalue weighted by molar-refractivity contribution is 0.0926. The van der Waals surface area contributed by atoms with Gasteiger partial charge in [0.05, 0.1) is 6.04 Å². The van der Waals surface area contributed by atoms with Crippen molar-refractivity contribution in [3.63, 3.8) is 0 Å². The quantitative estimate of drug-likeness (QED) is 0.882. The molecule has 1 amide bonds. The highest BCUT2D eigenvalue weighted by atomic mass is 16.1. The Morgan fingerprint density at radius 3 is 2.67 bits per heavy atom. The molecule has 2 N–H and O–H groups in total. The third kappa shape index (κ3) is 2.03. The molecular weight excluding hydrogens is 262 g/mol. The van der Waals surface area contributed by atoms with Crippen LogP contribution in [0.4, 0.5) is 0 Å². The minimum absolute atomic E-state index is 0.0234. The van der Waals surface area contributed by atoms with Crippen molar-refractivity contribution in [2.75, 3.05) is 13.1 Å². The van der Waals surface area contributed by atoms with Gasteiger partial charge in [-0.1, -0.05) is 24.3 Å². The molecule has 0 unspecified atom stereocenters. The van der Waals surface area contributed by atoms with Crippen LogP contribution in [-0.2, 0) is 0 Å². The van der Waals surface area contributed by atoms with E-state index in [-0.39, 0.29) is 11.9 Å². The molecule has 3 atom stereocenters. The van der Waals surface area contributed by atoms with Crippen molar-refractivity contribution < 1.29 is 4.79 Å².